The molecule has 2 aromatic carbocycles. The topological polar surface area (TPSA) is 58.4 Å². The van der Waals surface area contributed by atoms with E-state index >= 15 is 0 Å². The van der Waals surface area contributed by atoms with Gasteiger partial charge in [-0.15, -0.1) is 0 Å². The third-order valence-corrected chi connectivity index (χ3v) is 3.93. The fraction of sp³-hybridized carbons (Fsp3) is 0. The molecule has 2 aromatic heterocycles. The maximum absolute atomic E-state index is 13.8. The zero-order valence-corrected chi connectivity index (χ0v) is 13.7. The molecule has 2 heterocycles. The van der Waals surface area contributed by atoms with Crippen LogP contribution in [0, 0.1) is 5.82 Å². The normalized spacial score (nSPS) is 10.7. The number of rotatable bonds is 3. The number of hydrogen-bond donors (Lipinski definition) is 2. The standard InChI is InChI=1S/C20H15FN4O/c21-15-10-4-5-11-16(15)22-20(26)24-19-18(14-8-2-1-3-9-14)23-17-12-6-7-13-25(17)19/h1-13H,(H2,22,24,26). The number of amides is 2. The summed E-state index contributed by atoms with van der Waals surface area (Å²) in [4.78, 5) is 17.0. The molecule has 0 unspecified atom stereocenters. The van der Waals surface area contributed by atoms with Crippen LogP contribution in [0.5, 0.6) is 0 Å². The first-order chi connectivity index (χ1) is 12.7. The molecule has 5 nitrogen and oxygen atoms in total. The smallest absolute Gasteiger partial charge is 0.305 e. The van der Waals surface area contributed by atoms with Crippen molar-refractivity contribution in [3.05, 3.63) is 84.8 Å². The molecule has 2 N–H and O–H groups in total. The van der Waals surface area contributed by atoms with Gasteiger partial charge in [0, 0.05) is 11.8 Å². The van der Waals surface area contributed by atoms with E-state index in [1.807, 2.05) is 54.7 Å². The third kappa shape index (κ3) is 3.00. The average molecular weight is 346 g/mol. The zero-order chi connectivity index (χ0) is 17.9. The van der Waals surface area contributed by atoms with Gasteiger partial charge >= 0.3 is 6.03 Å². The van der Waals surface area contributed by atoms with Crippen molar-refractivity contribution in [2.24, 2.45) is 0 Å². The number of hydrogen-bond acceptors (Lipinski definition) is 2. The molecule has 0 saturated heterocycles. The summed E-state index contributed by atoms with van der Waals surface area (Å²) in [5.41, 5.74) is 2.32. The largest absolute Gasteiger partial charge is 0.324 e. The summed E-state index contributed by atoms with van der Waals surface area (Å²) in [5.74, 6) is 0.0183. The van der Waals surface area contributed by atoms with Gasteiger partial charge in [-0.05, 0) is 24.3 Å². The monoisotopic (exact) mass is 346 g/mol. The first-order valence-electron chi connectivity index (χ1n) is 8.07. The number of urea groups is 1. The van der Waals surface area contributed by atoms with E-state index in [4.69, 9.17) is 0 Å². The molecule has 6 heteroatoms. The molecule has 26 heavy (non-hydrogen) atoms. The summed E-state index contributed by atoms with van der Waals surface area (Å²) in [6.45, 7) is 0. The van der Waals surface area contributed by atoms with Gasteiger partial charge in [-0.1, -0.05) is 48.5 Å². The first-order valence-corrected chi connectivity index (χ1v) is 8.07. The summed E-state index contributed by atoms with van der Waals surface area (Å²) in [5, 5.41) is 5.32. The molecule has 0 atom stereocenters. The Bertz CT molecular complexity index is 1080. The lowest BCUT2D eigenvalue weighted by atomic mass is 10.1. The second-order valence-electron chi connectivity index (χ2n) is 5.66. The van der Waals surface area contributed by atoms with E-state index in [9.17, 15) is 9.18 Å². The van der Waals surface area contributed by atoms with Crippen molar-refractivity contribution in [1.29, 1.82) is 0 Å². The van der Waals surface area contributed by atoms with Crippen LogP contribution < -0.4 is 10.6 Å². The minimum atomic E-state index is -0.544. The number of pyridine rings is 1. The maximum Gasteiger partial charge on any atom is 0.324 e. The maximum atomic E-state index is 13.8. The van der Waals surface area contributed by atoms with Crippen molar-refractivity contribution in [3.63, 3.8) is 0 Å². The van der Waals surface area contributed by atoms with E-state index in [0.717, 1.165) is 5.56 Å². The SMILES string of the molecule is O=C(Nc1ccccc1F)Nc1c(-c2ccccc2)nc2ccccn12. The van der Waals surface area contributed by atoms with Crippen LogP contribution in [0.2, 0.25) is 0 Å². The van der Waals surface area contributed by atoms with Crippen LogP contribution in [0.25, 0.3) is 16.9 Å². The van der Waals surface area contributed by atoms with Gasteiger partial charge in [-0.2, -0.15) is 0 Å². The molecule has 0 aliphatic heterocycles. The minimum absolute atomic E-state index is 0.111. The number of fused-ring (bicyclic) bond motifs is 1. The number of anilines is 2. The van der Waals surface area contributed by atoms with Gasteiger partial charge in [0.25, 0.3) is 0 Å². The van der Waals surface area contributed by atoms with Crippen molar-refractivity contribution >= 4 is 23.2 Å². The van der Waals surface area contributed by atoms with Crippen molar-refractivity contribution in [2.45, 2.75) is 0 Å². The van der Waals surface area contributed by atoms with Crippen LogP contribution in [0.15, 0.2) is 79.0 Å². The molecule has 0 bridgehead atoms. The Kier molecular flexibility index (Phi) is 4.07. The molecule has 0 saturated carbocycles. The molecule has 0 spiro atoms. The van der Waals surface area contributed by atoms with E-state index < -0.39 is 11.8 Å². The van der Waals surface area contributed by atoms with Gasteiger partial charge in [0.15, 0.2) is 0 Å². The Hall–Kier alpha value is -3.67. The number of imidazole rings is 1. The lowest BCUT2D eigenvalue weighted by molar-refractivity contribution is 0.262. The minimum Gasteiger partial charge on any atom is -0.305 e. The number of aromatic nitrogens is 2. The van der Waals surface area contributed by atoms with Crippen LogP contribution in [-0.4, -0.2) is 15.4 Å². The summed E-state index contributed by atoms with van der Waals surface area (Å²) in [7, 11) is 0. The van der Waals surface area contributed by atoms with Crippen molar-refractivity contribution in [1.82, 2.24) is 9.38 Å². The summed E-state index contributed by atoms with van der Waals surface area (Å²) < 4.78 is 15.5. The van der Waals surface area contributed by atoms with Gasteiger partial charge in [0.2, 0.25) is 0 Å². The van der Waals surface area contributed by atoms with E-state index in [0.29, 0.717) is 17.2 Å². The van der Waals surface area contributed by atoms with Crippen LogP contribution >= 0.6 is 0 Å². The van der Waals surface area contributed by atoms with Gasteiger partial charge in [0.05, 0.1) is 5.69 Å². The number of halogens is 1. The predicted molar refractivity (Wildman–Crippen MR) is 99.7 cm³/mol. The van der Waals surface area contributed by atoms with Gasteiger partial charge in [0.1, 0.15) is 23.0 Å². The first kappa shape index (κ1) is 15.8. The quantitative estimate of drug-likeness (QED) is 0.561. The highest BCUT2D eigenvalue weighted by Gasteiger charge is 2.16. The Morgan fingerprint density at radius 1 is 0.885 bits per heavy atom. The number of carbonyl (C=O) groups excluding carboxylic acids is 1. The highest BCUT2D eigenvalue weighted by Crippen LogP contribution is 2.28. The molecule has 4 aromatic rings. The van der Waals surface area contributed by atoms with Crippen LogP contribution in [0.3, 0.4) is 0 Å². The van der Waals surface area contributed by atoms with Crippen molar-refractivity contribution < 1.29 is 9.18 Å². The Balaban J connectivity index is 1.71. The summed E-state index contributed by atoms with van der Waals surface area (Å²) in [6.07, 6.45) is 1.81. The lowest BCUT2D eigenvalue weighted by Gasteiger charge is -2.10. The van der Waals surface area contributed by atoms with E-state index in [1.165, 1.54) is 12.1 Å². The Morgan fingerprint density at radius 3 is 2.42 bits per heavy atom. The van der Waals surface area contributed by atoms with Crippen molar-refractivity contribution in [2.75, 3.05) is 10.6 Å². The van der Waals surface area contributed by atoms with E-state index in [-0.39, 0.29) is 5.69 Å². The zero-order valence-electron chi connectivity index (χ0n) is 13.7. The molecule has 0 aliphatic rings. The Morgan fingerprint density at radius 2 is 1.62 bits per heavy atom. The Labute approximate surface area is 149 Å². The second kappa shape index (κ2) is 6.68. The number of para-hydroxylation sites is 1. The van der Waals surface area contributed by atoms with Gasteiger partial charge in [-0.25, -0.2) is 14.2 Å². The number of benzene rings is 2. The fourth-order valence-corrected chi connectivity index (χ4v) is 2.74. The molecular weight excluding hydrogens is 331 g/mol. The number of nitrogens with zero attached hydrogens (tertiary/aromatic N) is 2. The summed E-state index contributed by atoms with van der Waals surface area (Å²) >= 11 is 0. The molecule has 0 radical (unpaired) electrons. The number of carbonyl (C=O) groups is 1. The van der Waals surface area contributed by atoms with Gasteiger partial charge < -0.3 is 5.32 Å². The van der Waals surface area contributed by atoms with E-state index in [1.54, 1.807) is 16.5 Å². The van der Waals surface area contributed by atoms with Gasteiger partial charge in [-0.3, -0.25) is 9.72 Å². The highest BCUT2D eigenvalue weighted by molar-refractivity contribution is 6.01. The number of nitrogens with one attached hydrogen (secondary N) is 2. The molecule has 4 rings (SSSR count). The van der Waals surface area contributed by atoms with Crippen LogP contribution in [0.4, 0.5) is 20.7 Å². The molecule has 0 aliphatic carbocycles. The summed E-state index contributed by atoms with van der Waals surface area (Å²) in [6, 6.07) is 20.6. The molecule has 128 valence electrons. The second-order valence-corrected chi connectivity index (χ2v) is 5.66. The lowest BCUT2D eigenvalue weighted by Crippen LogP contribution is -2.21. The molecular formula is C20H15FN4O. The third-order valence-electron chi connectivity index (χ3n) is 3.93. The van der Waals surface area contributed by atoms with E-state index in [2.05, 4.69) is 15.6 Å². The average Bonchev–Trinajstić information content (AvgIpc) is 3.03. The van der Waals surface area contributed by atoms with Crippen LogP contribution in [0.1, 0.15) is 0 Å². The predicted octanol–water partition coefficient (Wildman–Crippen LogP) is 4.78. The van der Waals surface area contributed by atoms with Crippen LogP contribution in [-0.2, 0) is 0 Å². The highest BCUT2D eigenvalue weighted by atomic mass is 19.1. The molecule has 0 fully saturated rings. The molecule has 2 amide bonds. The fourth-order valence-electron chi connectivity index (χ4n) is 2.74. The van der Waals surface area contributed by atoms with Crippen molar-refractivity contribution in [3.8, 4) is 11.3 Å².